The highest BCUT2D eigenvalue weighted by Gasteiger charge is 2.19. The molecule has 0 radical (unpaired) electrons. The average Bonchev–Trinajstić information content (AvgIpc) is 3.44. The van der Waals surface area contributed by atoms with E-state index in [9.17, 15) is 0 Å². The van der Waals surface area contributed by atoms with Crippen molar-refractivity contribution in [1.82, 2.24) is 0 Å². The van der Waals surface area contributed by atoms with Gasteiger partial charge >= 0.3 is 0 Å². The molecule has 0 fully saturated rings. The molecule has 0 aliphatic carbocycles. The molecule has 0 amide bonds. The first kappa shape index (κ1) is 25.5. The smallest absolute Gasteiger partial charge is 0.0462 e. The predicted octanol–water partition coefficient (Wildman–Crippen LogP) is 10.6. The second-order valence-corrected chi connectivity index (χ2v) is 10.1. The molecular weight excluding hydrogens is 484 g/mol. The van der Waals surface area contributed by atoms with Crippen LogP contribution in [0.1, 0.15) is 30.5 Å². The molecule has 1 aliphatic rings. The van der Waals surface area contributed by atoms with Crippen LogP contribution in [-0.4, -0.2) is 6.54 Å². The lowest BCUT2D eigenvalue weighted by atomic mass is 10.0. The fraction of sp³-hybridized carbons (Fsp3) is 0.105. The van der Waals surface area contributed by atoms with Crippen LogP contribution in [0.2, 0.25) is 0 Å². The van der Waals surface area contributed by atoms with Gasteiger partial charge in [-0.2, -0.15) is 0 Å². The Hall–Kier alpha value is -4.82. The first-order valence-electron chi connectivity index (χ1n) is 14.0. The molecule has 2 heteroatoms. The maximum atomic E-state index is 2.42. The topological polar surface area (TPSA) is 6.48 Å². The van der Waals surface area contributed by atoms with Gasteiger partial charge in [0.25, 0.3) is 0 Å². The monoisotopic (exact) mass is 518 g/mol. The largest absolute Gasteiger partial charge is 0.341 e. The normalized spacial score (nSPS) is 12.8. The zero-order valence-electron chi connectivity index (χ0n) is 23.2. The van der Waals surface area contributed by atoms with E-state index >= 15 is 0 Å². The Morgan fingerprint density at radius 3 is 1.55 bits per heavy atom. The summed E-state index contributed by atoms with van der Waals surface area (Å²) in [7, 11) is 0. The van der Waals surface area contributed by atoms with Crippen LogP contribution in [0.3, 0.4) is 0 Å². The van der Waals surface area contributed by atoms with Crippen molar-refractivity contribution in [3.05, 3.63) is 150 Å². The Kier molecular flexibility index (Phi) is 7.32. The molecular formula is C38H34N2. The van der Waals surface area contributed by atoms with Gasteiger partial charge in [0.05, 0.1) is 0 Å². The SMILES string of the molecule is C/C=C/c1ccc(N(c2ccc(/C=C/C)cc2)c2ccc(-c3ccc(N4CCc5ccccc54)cc3)cc2)cc1. The van der Waals surface area contributed by atoms with E-state index in [0.29, 0.717) is 0 Å². The van der Waals surface area contributed by atoms with Crippen LogP contribution in [0.25, 0.3) is 23.3 Å². The van der Waals surface area contributed by atoms with Crippen molar-refractivity contribution < 1.29 is 0 Å². The number of anilines is 5. The number of rotatable bonds is 7. The number of benzene rings is 5. The van der Waals surface area contributed by atoms with Crippen LogP contribution in [0, 0.1) is 0 Å². The van der Waals surface area contributed by atoms with Crippen LogP contribution in [0.4, 0.5) is 28.4 Å². The van der Waals surface area contributed by atoms with Gasteiger partial charge in [0.15, 0.2) is 0 Å². The van der Waals surface area contributed by atoms with E-state index in [1.807, 2.05) is 13.8 Å². The molecule has 0 bridgehead atoms. The van der Waals surface area contributed by atoms with Gasteiger partial charge in [-0.05, 0) is 103 Å². The average molecular weight is 519 g/mol. The highest BCUT2D eigenvalue weighted by molar-refractivity contribution is 5.80. The fourth-order valence-electron chi connectivity index (χ4n) is 5.54. The maximum absolute atomic E-state index is 2.42. The van der Waals surface area contributed by atoms with Crippen molar-refractivity contribution >= 4 is 40.6 Å². The van der Waals surface area contributed by atoms with E-state index < -0.39 is 0 Å². The number of para-hydroxylation sites is 1. The van der Waals surface area contributed by atoms with E-state index in [1.165, 1.54) is 39.2 Å². The quantitative estimate of drug-likeness (QED) is 0.211. The maximum Gasteiger partial charge on any atom is 0.0462 e. The molecule has 0 aromatic heterocycles. The minimum absolute atomic E-state index is 1.04. The summed E-state index contributed by atoms with van der Waals surface area (Å²) in [6.07, 6.45) is 9.50. The van der Waals surface area contributed by atoms with Crippen LogP contribution < -0.4 is 9.80 Å². The summed E-state index contributed by atoms with van der Waals surface area (Å²) in [5.74, 6) is 0. The lowest BCUT2D eigenvalue weighted by Gasteiger charge is -2.26. The zero-order chi connectivity index (χ0) is 27.3. The first-order chi connectivity index (χ1) is 19.7. The molecule has 0 unspecified atom stereocenters. The first-order valence-corrected chi connectivity index (χ1v) is 14.0. The molecule has 0 N–H and O–H groups in total. The van der Waals surface area contributed by atoms with Crippen molar-refractivity contribution in [2.45, 2.75) is 20.3 Å². The third-order valence-electron chi connectivity index (χ3n) is 7.55. The molecule has 40 heavy (non-hydrogen) atoms. The summed E-state index contributed by atoms with van der Waals surface area (Å²) >= 11 is 0. The lowest BCUT2D eigenvalue weighted by Crippen LogP contribution is -2.12. The van der Waals surface area contributed by atoms with E-state index in [1.54, 1.807) is 0 Å². The van der Waals surface area contributed by atoms with Crippen molar-refractivity contribution in [3.8, 4) is 11.1 Å². The number of nitrogens with zero attached hydrogens (tertiary/aromatic N) is 2. The second-order valence-electron chi connectivity index (χ2n) is 10.1. The van der Waals surface area contributed by atoms with Gasteiger partial charge in [-0.15, -0.1) is 0 Å². The standard InChI is InChI=1S/C38H34N2/c1-3-7-29-11-19-35(20-12-29)40(36-21-13-30(8-4-2)14-22-36)37-25-17-32(18-26-37)31-15-23-34(24-16-31)39-28-27-33-9-5-6-10-38(33)39/h3-26H,27-28H2,1-2H3/b7-3+,8-4+. The summed E-state index contributed by atoms with van der Waals surface area (Å²) in [6, 6.07) is 44.1. The van der Waals surface area contributed by atoms with E-state index in [-0.39, 0.29) is 0 Å². The van der Waals surface area contributed by atoms with Crippen LogP contribution in [-0.2, 0) is 6.42 Å². The van der Waals surface area contributed by atoms with Gasteiger partial charge in [0.1, 0.15) is 0 Å². The van der Waals surface area contributed by atoms with Crippen LogP contribution >= 0.6 is 0 Å². The van der Waals surface area contributed by atoms with Crippen molar-refractivity contribution in [3.63, 3.8) is 0 Å². The van der Waals surface area contributed by atoms with Crippen LogP contribution in [0.15, 0.2) is 133 Å². The minimum Gasteiger partial charge on any atom is -0.341 e. The third-order valence-corrected chi connectivity index (χ3v) is 7.55. The molecule has 6 rings (SSSR count). The summed E-state index contributed by atoms with van der Waals surface area (Å²) in [5.41, 5.74) is 12.2. The van der Waals surface area contributed by atoms with Gasteiger partial charge < -0.3 is 9.80 Å². The van der Waals surface area contributed by atoms with Crippen molar-refractivity contribution in [2.75, 3.05) is 16.3 Å². The van der Waals surface area contributed by atoms with Crippen molar-refractivity contribution in [1.29, 1.82) is 0 Å². The molecule has 1 aliphatic heterocycles. The van der Waals surface area contributed by atoms with Gasteiger partial charge in [-0.25, -0.2) is 0 Å². The number of hydrogen-bond acceptors (Lipinski definition) is 2. The molecule has 2 nitrogen and oxygen atoms in total. The number of allylic oxidation sites excluding steroid dienone is 2. The van der Waals surface area contributed by atoms with E-state index in [4.69, 9.17) is 0 Å². The van der Waals surface area contributed by atoms with Gasteiger partial charge in [0.2, 0.25) is 0 Å². The molecule has 0 spiro atoms. The zero-order valence-corrected chi connectivity index (χ0v) is 23.2. The van der Waals surface area contributed by atoms with Gasteiger partial charge in [0, 0.05) is 35.0 Å². The van der Waals surface area contributed by atoms with E-state index in [2.05, 4.69) is 155 Å². The Morgan fingerprint density at radius 1 is 0.550 bits per heavy atom. The predicted molar refractivity (Wildman–Crippen MR) is 173 cm³/mol. The molecule has 0 saturated carbocycles. The third kappa shape index (κ3) is 5.21. The lowest BCUT2D eigenvalue weighted by molar-refractivity contribution is 0.998. The molecule has 5 aromatic carbocycles. The van der Waals surface area contributed by atoms with Gasteiger partial charge in [-0.3, -0.25) is 0 Å². The summed E-state index contributed by atoms with van der Waals surface area (Å²) in [4.78, 5) is 4.74. The Balaban J connectivity index is 1.29. The number of hydrogen-bond donors (Lipinski definition) is 0. The molecule has 0 saturated heterocycles. The minimum atomic E-state index is 1.04. The summed E-state index contributed by atoms with van der Waals surface area (Å²) in [6.45, 7) is 5.13. The number of fused-ring (bicyclic) bond motifs is 1. The molecule has 0 atom stereocenters. The van der Waals surface area contributed by atoms with Crippen LogP contribution in [0.5, 0.6) is 0 Å². The summed E-state index contributed by atoms with van der Waals surface area (Å²) in [5, 5.41) is 0. The molecule has 1 heterocycles. The molecule has 196 valence electrons. The second kappa shape index (κ2) is 11.5. The summed E-state index contributed by atoms with van der Waals surface area (Å²) < 4.78 is 0. The van der Waals surface area contributed by atoms with E-state index in [0.717, 1.165) is 30.0 Å². The highest BCUT2D eigenvalue weighted by Crippen LogP contribution is 2.38. The Bertz CT molecular complexity index is 1570. The highest BCUT2D eigenvalue weighted by atomic mass is 15.2. The van der Waals surface area contributed by atoms with Crippen molar-refractivity contribution in [2.24, 2.45) is 0 Å². The fourth-order valence-corrected chi connectivity index (χ4v) is 5.54. The Morgan fingerprint density at radius 2 is 1.02 bits per heavy atom. The molecule has 5 aromatic rings. The Labute approximate surface area is 238 Å². The van der Waals surface area contributed by atoms with Gasteiger partial charge in [-0.1, -0.05) is 91.0 Å².